The van der Waals surface area contributed by atoms with E-state index in [1.807, 2.05) is 18.2 Å². The third-order valence-corrected chi connectivity index (χ3v) is 3.47. The van der Waals surface area contributed by atoms with Crippen molar-refractivity contribution in [3.05, 3.63) is 58.7 Å². The number of methoxy groups -OCH3 is 1. The first-order valence-corrected chi connectivity index (χ1v) is 7.31. The maximum absolute atomic E-state index is 10.7. The summed E-state index contributed by atoms with van der Waals surface area (Å²) >= 11 is 0. The van der Waals surface area contributed by atoms with Crippen LogP contribution in [-0.4, -0.2) is 18.5 Å². The fraction of sp³-hybridized carbons (Fsp3) is 0.211. The molecule has 0 bridgehead atoms. The fourth-order valence-electron chi connectivity index (χ4n) is 2.29. The van der Waals surface area contributed by atoms with E-state index < -0.39 is 0 Å². The molecule has 0 unspecified atom stereocenters. The van der Waals surface area contributed by atoms with Gasteiger partial charge in [0.1, 0.15) is 11.5 Å². The van der Waals surface area contributed by atoms with Crippen LogP contribution in [-0.2, 0) is 6.42 Å². The molecule has 0 saturated carbocycles. The normalized spacial score (nSPS) is 10.8. The number of carbonyl (C=O) groups is 1. The average Bonchev–Trinajstić information content (AvgIpc) is 2.54. The van der Waals surface area contributed by atoms with Crippen LogP contribution in [0, 0.1) is 0 Å². The van der Waals surface area contributed by atoms with Gasteiger partial charge in [-0.3, -0.25) is 4.79 Å². The number of benzene rings is 2. The molecule has 0 atom stereocenters. The molecule has 0 aliphatic carbocycles. The lowest BCUT2D eigenvalue weighted by Gasteiger charge is -2.07. The van der Waals surface area contributed by atoms with Crippen molar-refractivity contribution in [1.29, 1.82) is 0 Å². The standard InChI is InChI=1S/C19H20O3/c1-3-4-14-5-8-16(19(12-14)22-2)9-6-15-7-10-17(13-20)18(21)11-15/h5-13,21H,3-4H2,1-2H3/b9-6+. The Morgan fingerprint density at radius 3 is 2.50 bits per heavy atom. The van der Waals surface area contributed by atoms with Gasteiger partial charge in [0.25, 0.3) is 0 Å². The third kappa shape index (κ3) is 3.76. The number of rotatable bonds is 6. The predicted octanol–water partition coefficient (Wildman–Crippen LogP) is 4.34. The van der Waals surface area contributed by atoms with Crippen molar-refractivity contribution in [3.8, 4) is 11.5 Å². The summed E-state index contributed by atoms with van der Waals surface area (Å²) in [7, 11) is 1.66. The Morgan fingerprint density at radius 1 is 1.09 bits per heavy atom. The van der Waals surface area contributed by atoms with Gasteiger partial charge in [0.15, 0.2) is 6.29 Å². The number of aromatic hydroxyl groups is 1. The quantitative estimate of drug-likeness (QED) is 0.637. The van der Waals surface area contributed by atoms with Gasteiger partial charge in [-0.05, 0) is 35.7 Å². The Kier molecular flexibility index (Phi) is 5.37. The summed E-state index contributed by atoms with van der Waals surface area (Å²) in [6.07, 6.45) is 6.58. The molecule has 0 aliphatic heterocycles. The van der Waals surface area contributed by atoms with E-state index in [9.17, 15) is 9.90 Å². The van der Waals surface area contributed by atoms with Crippen molar-refractivity contribution >= 4 is 18.4 Å². The lowest BCUT2D eigenvalue weighted by atomic mass is 10.0. The maximum atomic E-state index is 10.7. The van der Waals surface area contributed by atoms with Crippen molar-refractivity contribution in [2.24, 2.45) is 0 Å². The minimum Gasteiger partial charge on any atom is -0.507 e. The van der Waals surface area contributed by atoms with Crippen molar-refractivity contribution in [2.45, 2.75) is 19.8 Å². The summed E-state index contributed by atoms with van der Waals surface area (Å²) in [6.45, 7) is 2.15. The molecule has 0 fully saturated rings. The van der Waals surface area contributed by atoms with Gasteiger partial charge < -0.3 is 9.84 Å². The monoisotopic (exact) mass is 296 g/mol. The molecule has 22 heavy (non-hydrogen) atoms. The second-order valence-corrected chi connectivity index (χ2v) is 5.10. The zero-order valence-corrected chi connectivity index (χ0v) is 12.9. The molecule has 114 valence electrons. The molecule has 2 rings (SSSR count). The van der Waals surface area contributed by atoms with Crippen molar-refractivity contribution in [3.63, 3.8) is 0 Å². The predicted molar refractivity (Wildman–Crippen MR) is 89.4 cm³/mol. The summed E-state index contributed by atoms with van der Waals surface area (Å²) in [5, 5.41) is 9.69. The summed E-state index contributed by atoms with van der Waals surface area (Å²) < 4.78 is 5.43. The number of ether oxygens (including phenoxy) is 1. The van der Waals surface area contributed by atoms with Crippen LogP contribution in [0.4, 0.5) is 0 Å². The molecule has 0 heterocycles. The van der Waals surface area contributed by atoms with Gasteiger partial charge in [0, 0.05) is 5.56 Å². The largest absolute Gasteiger partial charge is 0.507 e. The SMILES string of the molecule is CCCc1ccc(/C=C/c2ccc(C=O)c(O)c2)c(OC)c1. The molecule has 0 radical (unpaired) electrons. The van der Waals surface area contributed by atoms with Gasteiger partial charge in [0.2, 0.25) is 0 Å². The van der Waals surface area contributed by atoms with E-state index in [4.69, 9.17) is 4.74 Å². The molecule has 3 nitrogen and oxygen atoms in total. The van der Waals surface area contributed by atoms with E-state index in [1.54, 1.807) is 25.3 Å². The highest BCUT2D eigenvalue weighted by molar-refractivity contribution is 5.81. The molecule has 3 heteroatoms. The minimum absolute atomic E-state index is 0.0117. The van der Waals surface area contributed by atoms with Gasteiger partial charge in [-0.2, -0.15) is 0 Å². The van der Waals surface area contributed by atoms with E-state index in [1.165, 1.54) is 5.56 Å². The molecule has 0 saturated heterocycles. The van der Waals surface area contributed by atoms with Gasteiger partial charge in [-0.25, -0.2) is 0 Å². The first-order chi connectivity index (χ1) is 10.7. The molecular formula is C19H20O3. The Hall–Kier alpha value is -2.55. The minimum atomic E-state index is -0.0117. The summed E-state index contributed by atoms with van der Waals surface area (Å²) in [5.41, 5.74) is 3.34. The summed E-state index contributed by atoms with van der Waals surface area (Å²) in [5.74, 6) is 0.818. The van der Waals surface area contributed by atoms with Crippen LogP contribution in [0.2, 0.25) is 0 Å². The van der Waals surface area contributed by atoms with Gasteiger partial charge in [-0.1, -0.05) is 43.7 Å². The maximum Gasteiger partial charge on any atom is 0.153 e. The van der Waals surface area contributed by atoms with Crippen molar-refractivity contribution in [2.75, 3.05) is 7.11 Å². The van der Waals surface area contributed by atoms with Crippen LogP contribution in [0.3, 0.4) is 0 Å². The molecule has 1 N–H and O–H groups in total. The summed E-state index contributed by atoms with van der Waals surface area (Å²) in [4.78, 5) is 10.7. The summed E-state index contributed by atoms with van der Waals surface area (Å²) in [6, 6.07) is 11.1. The lowest BCUT2D eigenvalue weighted by Crippen LogP contribution is -1.90. The molecule has 0 amide bonds. The Balaban J connectivity index is 2.25. The molecule has 2 aromatic rings. The number of hydrogen-bond donors (Lipinski definition) is 1. The third-order valence-electron chi connectivity index (χ3n) is 3.47. The van der Waals surface area contributed by atoms with Gasteiger partial charge >= 0.3 is 0 Å². The fourth-order valence-corrected chi connectivity index (χ4v) is 2.29. The molecule has 0 aliphatic rings. The zero-order chi connectivity index (χ0) is 15.9. The lowest BCUT2D eigenvalue weighted by molar-refractivity contribution is 0.112. The Bertz CT molecular complexity index is 687. The number of phenols is 1. The van der Waals surface area contributed by atoms with Crippen LogP contribution >= 0.6 is 0 Å². The van der Waals surface area contributed by atoms with Crippen LogP contribution in [0.25, 0.3) is 12.2 Å². The van der Waals surface area contributed by atoms with E-state index in [2.05, 4.69) is 19.1 Å². The smallest absolute Gasteiger partial charge is 0.153 e. The number of carbonyl (C=O) groups excluding carboxylic acids is 1. The zero-order valence-electron chi connectivity index (χ0n) is 12.9. The van der Waals surface area contributed by atoms with Crippen LogP contribution < -0.4 is 4.74 Å². The van der Waals surface area contributed by atoms with Gasteiger partial charge in [0.05, 0.1) is 12.7 Å². The molecular weight excluding hydrogens is 276 g/mol. The highest BCUT2D eigenvalue weighted by atomic mass is 16.5. The van der Waals surface area contributed by atoms with E-state index in [0.29, 0.717) is 11.8 Å². The van der Waals surface area contributed by atoms with Crippen LogP contribution in [0.1, 0.15) is 40.4 Å². The molecule has 0 aromatic heterocycles. The highest BCUT2D eigenvalue weighted by Gasteiger charge is 2.03. The van der Waals surface area contributed by atoms with E-state index >= 15 is 0 Å². The topological polar surface area (TPSA) is 46.5 Å². The number of aldehydes is 1. The van der Waals surface area contributed by atoms with E-state index in [-0.39, 0.29) is 5.75 Å². The Labute approximate surface area is 130 Å². The number of aryl methyl sites for hydroxylation is 1. The average molecular weight is 296 g/mol. The highest BCUT2D eigenvalue weighted by Crippen LogP contribution is 2.24. The number of hydrogen-bond acceptors (Lipinski definition) is 3. The second kappa shape index (κ2) is 7.46. The first-order valence-electron chi connectivity index (χ1n) is 7.31. The number of phenolic OH excluding ortho intramolecular Hbond substituents is 1. The van der Waals surface area contributed by atoms with Gasteiger partial charge in [-0.15, -0.1) is 0 Å². The molecule has 2 aromatic carbocycles. The Morgan fingerprint density at radius 2 is 1.86 bits per heavy atom. The van der Waals surface area contributed by atoms with Crippen LogP contribution in [0.15, 0.2) is 36.4 Å². The van der Waals surface area contributed by atoms with Crippen molar-refractivity contribution in [1.82, 2.24) is 0 Å². The first kappa shape index (κ1) is 15.8. The molecule has 0 spiro atoms. The van der Waals surface area contributed by atoms with E-state index in [0.717, 1.165) is 29.7 Å². The second-order valence-electron chi connectivity index (χ2n) is 5.10. The van der Waals surface area contributed by atoms with Crippen LogP contribution in [0.5, 0.6) is 11.5 Å². The van der Waals surface area contributed by atoms with Crippen molar-refractivity contribution < 1.29 is 14.6 Å².